The lowest BCUT2D eigenvalue weighted by atomic mass is 10.2. The molecule has 1 N–H and O–H groups in total. The van der Waals surface area contributed by atoms with E-state index in [4.69, 9.17) is 9.47 Å². The molecule has 100 valence electrons. The standard InChI is InChI=1S/C13H20N2O3/c1-4-17-12(18-5-2)9-15-13(16)11-6-7-14-10(3)8-11/h6-8,12H,4-5,9H2,1-3H3,(H,15,16). The molecule has 0 unspecified atom stereocenters. The highest BCUT2D eigenvalue weighted by Crippen LogP contribution is 2.01. The van der Waals surface area contributed by atoms with E-state index in [1.807, 2.05) is 20.8 Å². The number of nitrogens with zero attached hydrogens (tertiary/aromatic N) is 1. The number of carbonyl (C=O) groups excluding carboxylic acids is 1. The van der Waals surface area contributed by atoms with Gasteiger partial charge < -0.3 is 14.8 Å². The van der Waals surface area contributed by atoms with Crippen LogP contribution in [0.25, 0.3) is 0 Å². The molecule has 1 aromatic rings. The molecule has 0 bridgehead atoms. The van der Waals surface area contributed by atoms with Crippen LogP contribution >= 0.6 is 0 Å². The third-order valence-electron chi connectivity index (χ3n) is 2.29. The highest BCUT2D eigenvalue weighted by Gasteiger charge is 2.11. The zero-order valence-corrected chi connectivity index (χ0v) is 11.1. The molecule has 5 heteroatoms. The lowest BCUT2D eigenvalue weighted by Gasteiger charge is -2.17. The van der Waals surface area contributed by atoms with Gasteiger partial charge in [-0.05, 0) is 32.9 Å². The van der Waals surface area contributed by atoms with Gasteiger partial charge in [-0.15, -0.1) is 0 Å². The minimum Gasteiger partial charge on any atom is -0.351 e. The summed E-state index contributed by atoms with van der Waals surface area (Å²) in [6.07, 6.45) is 1.22. The van der Waals surface area contributed by atoms with Crippen LogP contribution in [0.3, 0.4) is 0 Å². The van der Waals surface area contributed by atoms with Gasteiger partial charge in [0.1, 0.15) is 0 Å². The Morgan fingerprint density at radius 1 is 1.39 bits per heavy atom. The lowest BCUT2D eigenvalue weighted by molar-refractivity contribution is -0.131. The highest BCUT2D eigenvalue weighted by atomic mass is 16.7. The molecule has 5 nitrogen and oxygen atoms in total. The molecule has 0 aliphatic rings. The first-order valence-corrected chi connectivity index (χ1v) is 6.11. The molecule has 1 amide bonds. The van der Waals surface area contributed by atoms with Crippen molar-refractivity contribution in [2.75, 3.05) is 19.8 Å². The van der Waals surface area contributed by atoms with Crippen LogP contribution in [0.15, 0.2) is 18.3 Å². The van der Waals surface area contributed by atoms with Crippen molar-refractivity contribution in [3.63, 3.8) is 0 Å². The van der Waals surface area contributed by atoms with Gasteiger partial charge in [0, 0.05) is 30.7 Å². The number of ether oxygens (including phenoxy) is 2. The van der Waals surface area contributed by atoms with E-state index in [1.54, 1.807) is 18.3 Å². The molecule has 0 fully saturated rings. The van der Waals surface area contributed by atoms with Crippen molar-refractivity contribution in [1.82, 2.24) is 10.3 Å². The average molecular weight is 252 g/mol. The smallest absolute Gasteiger partial charge is 0.251 e. The molecule has 1 aromatic heterocycles. The minimum absolute atomic E-state index is 0.148. The van der Waals surface area contributed by atoms with E-state index in [9.17, 15) is 4.79 Å². The number of hydrogen-bond donors (Lipinski definition) is 1. The van der Waals surface area contributed by atoms with Crippen LogP contribution in [0.2, 0.25) is 0 Å². The fourth-order valence-electron chi connectivity index (χ4n) is 1.50. The molecule has 0 aromatic carbocycles. The summed E-state index contributed by atoms with van der Waals surface area (Å²) in [4.78, 5) is 15.9. The Bertz CT molecular complexity index is 376. The lowest BCUT2D eigenvalue weighted by Crippen LogP contribution is -2.35. The summed E-state index contributed by atoms with van der Waals surface area (Å²) in [7, 11) is 0. The average Bonchev–Trinajstić information content (AvgIpc) is 2.36. The number of aryl methyl sites for hydroxylation is 1. The molecule has 0 radical (unpaired) electrons. The number of hydrogen-bond acceptors (Lipinski definition) is 4. The van der Waals surface area contributed by atoms with Crippen LogP contribution in [-0.4, -0.2) is 36.9 Å². The zero-order chi connectivity index (χ0) is 13.4. The summed E-state index contributed by atoms with van der Waals surface area (Å²) >= 11 is 0. The number of rotatable bonds is 7. The van der Waals surface area contributed by atoms with Crippen LogP contribution in [0.1, 0.15) is 29.9 Å². The van der Waals surface area contributed by atoms with E-state index in [0.717, 1.165) is 5.69 Å². The summed E-state index contributed by atoms with van der Waals surface area (Å²) in [5.41, 5.74) is 1.41. The minimum atomic E-state index is -0.396. The van der Waals surface area contributed by atoms with Crippen LogP contribution in [0.4, 0.5) is 0 Å². The highest BCUT2D eigenvalue weighted by molar-refractivity contribution is 5.94. The maximum absolute atomic E-state index is 11.9. The second kappa shape index (κ2) is 7.79. The Hall–Kier alpha value is -1.46. The number of nitrogens with one attached hydrogen (secondary N) is 1. The monoisotopic (exact) mass is 252 g/mol. The first-order valence-electron chi connectivity index (χ1n) is 6.11. The summed E-state index contributed by atoms with van der Waals surface area (Å²) < 4.78 is 10.7. The van der Waals surface area contributed by atoms with Gasteiger partial charge in [0.05, 0.1) is 6.54 Å². The van der Waals surface area contributed by atoms with Crippen LogP contribution < -0.4 is 5.32 Å². The predicted molar refractivity (Wildman–Crippen MR) is 68.3 cm³/mol. The third kappa shape index (κ3) is 4.81. The topological polar surface area (TPSA) is 60.5 Å². The van der Waals surface area contributed by atoms with Crippen molar-refractivity contribution in [3.8, 4) is 0 Å². The maximum atomic E-state index is 11.9. The molecule has 1 heterocycles. The summed E-state index contributed by atoms with van der Waals surface area (Å²) in [5.74, 6) is -0.148. The Balaban J connectivity index is 2.49. The molecule has 0 aliphatic heterocycles. The fourth-order valence-corrected chi connectivity index (χ4v) is 1.50. The van der Waals surface area contributed by atoms with E-state index >= 15 is 0 Å². The van der Waals surface area contributed by atoms with Gasteiger partial charge in [-0.3, -0.25) is 9.78 Å². The van der Waals surface area contributed by atoms with Crippen LogP contribution in [0.5, 0.6) is 0 Å². The maximum Gasteiger partial charge on any atom is 0.251 e. The predicted octanol–water partition coefficient (Wildman–Crippen LogP) is 1.52. The van der Waals surface area contributed by atoms with E-state index in [-0.39, 0.29) is 5.91 Å². The second-order valence-electron chi connectivity index (χ2n) is 3.74. The van der Waals surface area contributed by atoms with Crippen molar-refractivity contribution in [2.24, 2.45) is 0 Å². The van der Waals surface area contributed by atoms with Gasteiger partial charge in [0.2, 0.25) is 0 Å². The van der Waals surface area contributed by atoms with Crippen LogP contribution in [0, 0.1) is 6.92 Å². The van der Waals surface area contributed by atoms with E-state index in [0.29, 0.717) is 25.3 Å². The first-order chi connectivity index (χ1) is 8.67. The fraction of sp³-hybridized carbons (Fsp3) is 0.538. The number of carbonyl (C=O) groups is 1. The Morgan fingerprint density at radius 2 is 2.06 bits per heavy atom. The molecular weight excluding hydrogens is 232 g/mol. The number of amides is 1. The van der Waals surface area contributed by atoms with Crippen molar-refractivity contribution >= 4 is 5.91 Å². The number of pyridine rings is 1. The van der Waals surface area contributed by atoms with Gasteiger partial charge in [-0.2, -0.15) is 0 Å². The van der Waals surface area contributed by atoms with Crippen molar-refractivity contribution in [3.05, 3.63) is 29.6 Å². The van der Waals surface area contributed by atoms with Gasteiger partial charge >= 0.3 is 0 Å². The SMILES string of the molecule is CCOC(CNC(=O)c1ccnc(C)c1)OCC. The quantitative estimate of drug-likeness (QED) is 0.747. The van der Waals surface area contributed by atoms with Gasteiger partial charge in [0.25, 0.3) is 5.91 Å². The van der Waals surface area contributed by atoms with E-state index in [1.165, 1.54) is 0 Å². The molecule has 1 rings (SSSR count). The molecular formula is C13H20N2O3. The van der Waals surface area contributed by atoms with Gasteiger partial charge in [-0.25, -0.2) is 0 Å². The zero-order valence-electron chi connectivity index (χ0n) is 11.1. The third-order valence-corrected chi connectivity index (χ3v) is 2.29. The molecule has 0 spiro atoms. The largest absolute Gasteiger partial charge is 0.351 e. The number of aromatic nitrogens is 1. The summed E-state index contributed by atoms with van der Waals surface area (Å²) in [5, 5.41) is 2.78. The van der Waals surface area contributed by atoms with Gasteiger partial charge in [-0.1, -0.05) is 0 Å². The van der Waals surface area contributed by atoms with Crippen molar-refractivity contribution in [2.45, 2.75) is 27.1 Å². The van der Waals surface area contributed by atoms with Gasteiger partial charge in [0.15, 0.2) is 6.29 Å². The van der Waals surface area contributed by atoms with E-state index in [2.05, 4.69) is 10.3 Å². The molecule has 0 aliphatic carbocycles. The Morgan fingerprint density at radius 3 is 2.61 bits per heavy atom. The van der Waals surface area contributed by atoms with Crippen molar-refractivity contribution in [1.29, 1.82) is 0 Å². The second-order valence-corrected chi connectivity index (χ2v) is 3.74. The first kappa shape index (κ1) is 14.6. The summed E-state index contributed by atoms with van der Waals surface area (Å²) in [6, 6.07) is 3.42. The van der Waals surface area contributed by atoms with E-state index < -0.39 is 6.29 Å². The molecule has 0 saturated carbocycles. The molecule has 0 saturated heterocycles. The van der Waals surface area contributed by atoms with Crippen molar-refractivity contribution < 1.29 is 14.3 Å². The normalized spacial score (nSPS) is 10.7. The molecule has 18 heavy (non-hydrogen) atoms. The van der Waals surface area contributed by atoms with Crippen LogP contribution in [-0.2, 0) is 9.47 Å². The molecule has 0 atom stereocenters. The Kier molecular flexibility index (Phi) is 6.32. The Labute approximate surface area is 108 Å². The summed E-state index contributed by atoms with van der Waals surface area (Å²) in [6.45, 7) is 7.06.